The van der Waals surface area contributed by atoms with Crippen molar-refractivity contribution in [2.24, 2.45) is 0 Å². The van der Waals surface area contributed by atoms with Gasteiger partial charge < -0.3 is 10.6 Å². The van der Waals surface area contributed by atoms with E-state index in [4.69, 9.17) is 23.2 Å². The van der Waals surface area contributed by atoms with Crippen LogP contribution in [0.1, 0.15) is 31.2 Å². The predicted molar refractivity (Wildman–Crippen MR) is 80.1 cm³/mol. The minimum absolute atomic E-state index is 0.110. The van der Waals surface area contributed by atoms with Crippen LogP contribution in [-0.4, -0.2) is 18.5 Å². The second kappa shape index (κ2) is 6.60. The smallest absolute Gasteiger partial charge is 0.238 e. The third-order valence-electron chi connectivity index (χ3n) is 3.46. The first-order chi connectivity index (χ1) is 9.08. The van der Waals surface area contributed by atoms with Crippen LogP contribution < -0.4 is 10.6 Å². The summed E-state index contributed by atoms with van der Waals surface area (Å²) in [5.74, 6) is -0.110. The van der Waals surface area contributed by atoms with Gasteiger partial charge in [0.2, 0.25) is 5.91 Å². The standard InChI is InChI=1S/C14H18Cl2N2O/c1-9-6-7-11(15)14(13(9)16)18-12(19)8-17-10-4-2-3-5-10/h6-7,10,17H,2-5,8H2,1H3,(H,18,19). The first-order valence-corrected chi connectivity index (χ1v) is 7.31. The van der Waals surface area contributed by atoms with Crippen LogP contribution in [0, 0.1) is 6.92 Å². The van der Waals surface area contributed by atoms with Gasteiger partial charge >= 0.3 is 0 Å². The fourth-order valence-corrected chi connectivity index (χ4v) is 2.79. The minimum atomic E-state index is -0.110. The maximum atomic E-state index is 11.9. The van der Waals surface area contributed by atoms with E-state index in [1.54, 1.807) is 6.07 Å². The molecular weight excluding hydrogens is 283 g/mol. The summed E-state index contributed by atoms with van der Waals surface area (Å²) in [6, 6.07) is 4.04. The Bertz CT molecular complexity index is 471. The number of nitrogens with one attached hydrogen (secondary N) is 2. The fourth-order valence-electron chi connectivity index (χ4n) is 2.32. The number of halogens is 2. The molecule has 0 atom stereocenters. The lowest BCUT2D eigenvalue weighted by molar-refractivity contribution is -0.115. The molecule has 0 heterocycles. The van der Waals surface area contributed by atoms with Gasteiger partial charge in [0.05, 0.1) is 22.3 Å². The zero-order valence-corrected chi connectivity index (χ0v) is 12.4. The summed E-state index contributed by atoms with van der Waals surface area (Å²) >= 11 is 12.2. The summed E-state index contributed by atoms with van der Waals surface area (Å²) in [5, 5.41) is 7.00. The molecule has 1 saturated carbocycles. The molecule has 1 aromatic carbocycles. The van der Waals surface area contributed by atoms with Gasteiger partial charge in [0, 0.05) is 6.04 Å². The van der Waals surface area contributed by atoms with Crippen molar-refractivity contribution in [3.05, 3.63) is 27.7 Å². The van der Waals surface area contributed by atoms with E-state index in [2.05, 4.69) is 10.6 Å². The number of rotatable bonds is 4. The Morgan fingerprint density at radius 2 is 2.00 bits per heavy atom. The highest BCUT2D eigenvalue weighted by molar-refractivity contribution is 6.40. The third kappa shape index (κ3) is 3.85. The molecule has 1 aromatic rings. The maximum absolute atomic E-state index is 11.9. The highest BCUT2D eigenvalue weighted by Crippen LogP contribution is 2.32. The molecule has 5 heteroatoms. The Labute approximate surface area is 123 Å². The molecular formula is C14H18Cl2N2O. The fraction of sp³-hybridized carbons (Fsp3) is 0.500. The number of amides is 1. The predicted octanol–water partition coefficient (Wildman–Crippen LogP) is 3.77. The van der Waals surface area contributed by atoms with Gasteiger partial charge in [-0.15, -0.1) is 0 Å². The highest BCUT2D eigenvalue weighted by Gasteiger charge is 2.16. The average molecular weight is 301 g/mol. The normalized spacial score (nSPS) is 15.7. The van der Waals surface area contributed by atoms with Crippen LogP contribution in [0.4, 0.5) is 5.69 Å². The first kappa shape index (κ1) is 14.6. The van der Waals surface area contributed by atoms with Crippen molar-refractivity contribution in [1.82, 2.24) is 5.32 Å². The van der Waals surface area contributed by atoms with Crippen molar-refractivity contribution in [2.75, 3.05) is 11.9 Å². The number of anilines is 1. The molecule has 1 aliphatic carbocycles. The Morgan fingerprint density at radius 3 is 2.68 bits per heavy atom. The second-order valence-corrected chi connectivity index (χ2v) is 5.75. The van der Waals surface area contributed by atoms with Crippen molar-refractivity contribution >= 4 is 34.8 Å². The quantitative estimate of drug-likeness (QED) is 0.888. The minimum Gasteiger partial charge on any atom is -0.322 e. The molecule has 0 aromatic heterocycles. The van der Waals surface area contributed by atoms with Crippen LogP contribution in [0.25, 0.3) is 0 Å². The molecule has 0 saturated heterocycles. The third-order valence-corrected chi connectivity index (χ3v) is 4.26. The summed E-state index contributed by atoms with van der Waals surface area (Å²) < 4.78 is 0. The monoisotopic (exact) mass is 300 g/mol. The molecule has 0 radical (unpaired) electrons. The molecule has 0 spiro atoms. The second-order valence-electron chi connectivity index (χ2n) is 4.96. The van der Waals surface area contributed by atoms with Crippen molar-refractivity contribution in [2.45, 2.75) is 38.6 Å². The van der Waals surface area contributed by atoms with Crippen LogP contribution in [0.2, 0.25) is 10.0 Å². The summed E-state index contributed by atoms with van der Waals surface area (Å²) in [5.41, 5.74) is 1.40. The molecule has 2 N–H and O–H groups in total. The molecule has 1 amide bonds. The Morgan fingerprint density at radius 1 is 1.32 bits per heavy atom. The van der Waals surface area contributed by atoms with E-state index in [0.29, 0.717) is 28.3 Å². The van der Waals surface area contributed by atoms with Crippen molar-refractivity contribution in [3.8, 4) is 0 Å². The van der Waals surface area contributed by atoms with Gasteiger partial charge in [-0.25, -0.2) is 0 Å². The zero-order valence-electron chi connectivity index (χ0n) is 10.9. The van der Waals surface area contributed by atoms with Gasteiger partial charge in [-0.2, -0.15) is 0 Å². The van der Waals surface area contributed by atoms with E-state index in [1.807, 2.05) is 13.0 Å². The average Bonchev–Trinajstić information content (AvgIpc) is 2.90. The van der Waals surface area contributed by atoms with Crippen LogP contribution >= 0.6 is 23.2 Å². The van der Waals surface area contributed by atoms with Gasteiger partial charge in [0.25, 0.3) is 0 Å². The lowest BCUT2D eigenvalue weighted by atomic mass is 10.2. The van der Waals surface area contributed by atoms with Crippen molar-refractivity contribution in [3.63, 3.8) is 0 Å². The number of hydrogen-bond acceptors (Lipinski definition) is 2. The molecule has 0 aliphatic heterocycles. The Kier molecular flexibility index (Phi) is 5.08. The van der Waals surface area contributed by atoms with Crippen molar-refractivity contribution in [1.29, 1.82) is 0 Å². The van der Waals surface area contributed by atoms with E-state index < -0.39 is 0 Å². The molecule has 1 fully saturated rings. The number of carbonyl (C=O) groups excluding carboxylic acids is 1. The van der Waals surface area contributed by atoms with Crippen LogP contribution in [0.3, 0.4) is 0 Å². The maximum Gasteiger partial charge on any atom is 0.238 e. The van der Waals surface area contributed by atoms with E-state index in [1.165, 1.54) is 12.8 Å². The topological polar surface area (TPSA) is 41.1 Å². The molecule has 2 rings (SSSR count). The van der Waals surface area contributed by atoms with Gasteiger partial charge in [-0.1, -0.05) is 42.1 Å². The van der Waals surface area contributed by atoms with E-state index >= 15 is 0 Å². The van der Waals surface area contributed by atoms with Gasteiger partial charge in [0.1, 0.15) is 0 Å². The zero-order chi connectivity index (χ0) is 13.8. The summed E-state index contributed by atoms with van der Waals surface area (Å²) in [7, 11) is 0. The summed E-state index contributed by atoms with van der Waals surface area (Å²) in [4.78, 5) is 11.9. The van der Waals surface area contributed by atoms with Gasteiger partial charge in [0.15, 0.2) is 0 Å². The van der Waals surface area contributed by atoms with Crippen molar-refractivity contribution < 1.29 is 4.79 Å². The first-order valence-electron chi connectivity index (χ1n) is 6.56. The number of aryl methyl sites for hydroxylation is 1. The molecule has 19 heavy (non-hydrogen) atoms. The Hall–Kier alpha value is -0.770. The molecule has 0 unspecified atom stereocenters. The van der Waals surface area contributed by atoms with Crippen LogP contribution in [0.5, 0.6) is 0 Å². The SMILES string of the molecule is Cc1ccc(Cl)c(NC(=O)CNC2CCCC2)c1Cl. The van der Waals surface area contributed by atoms with Gasteiger partial charge in [-0.05, 0) is 31.4 Å². The number of hydrogen-bond donors (Lipinski definition) is 2. The highest BCUT2D eigenvalue weighted by atomic mass is 35.5. The number of carbonyl (C=O) groups is 1. The van der Waals surface area contributed by atoms with E-state index in [0.717, 1.165) is 18.4 Å². The van der Waals surface area contributed by atoms with Crippen LogP contribution in [-0.2, 0) is 4.79 Å². The lowest BCUT2D eigenvalue weighted by Gasteiger charge is -2.14. The summed E-state index contributed by atoms with van der Waals surface area (Å²) in [6.45, 7) is 2.18. The Balaban J connectivity index is 1.93. The van der Waals surface area contributed by atoms with Gasteiger partial charge in [-0.3, -0.25) is 4.79 Å². The number of benzene rings is 1. The lowest BCUT2D eigenvalue weighted by Crippen LogP contribution is -2.34. The molecule has 3 nitrogen and oxygen atoms in total. The van der Waals surface area contributed by atoms with E-state index in [-0.39, 0.29) is 5.91 Å². The van der Waals surface area contributed by atoms with Crippen LogP contribution in [0.15, 0.2) is 12.1 Å². The van der Waals surface area contributed by atoms with E-state index in [9.17, 15) is 4.79 Å². The largest absolute Gasteiger partial charge is 0.322 e. The summed E-state index contributed by atoms with van der Waals surface area (Å²) in [6.07, 6.45) is 4.79. The molecule has 104 valence electrons. The molecule has 0 bridgehead atoms. The molecule has 1 aliphatic rings.